The second-order valence-corrected chi connectivity index (χ2v) is 5.63. The van der Waals surface area contributed by atoms with Crippen LogP contribution in [0.3, 0.4) is 0 Å². The van der Waals surface area contributed by atoms with Crippen molar-refractivity contribution in [3.63, 3.8) is 0 Å². The molecule has 1 aliphatic heterocycles. The minimum Gasteiger partial charge on any atom is -0.466 e. The molecule has 0 amide bonds. The van der Waals surface area contributed by atoms with Gasteiger partial charge in [0, 0.05) is 5.54 Å². The largest absolute Gasteiger partial charge is 0.466 e. The van der Waals surface area contributed by atoms with Crippen molar-refractivity contribution in [2.45, 2.75) is 71.3 Å². The number of unbranched alkanes of at least 4 members (excludes halogenated alkanes) is 2. The van der Waals surface area contributed by atoms with Gasteiger partial charge in [-0.1, -0.05) is 26.2 Å². The predicted molar refractivity (Wildman–Crippen MR) is 74.6 cm³/mol. The van der Waals surface area contributed by atoms with Crippen LogP contribution in [-0.4, -0.2) is 36.1 Å². The van der Waals surface area contributed by atoms with Gasteiger partial charge in [0.25, 0.3) is 0 Å². The molecule has 0 radical (unpaired) electrons. The van der Waals surface area contributed by atoms with Crippen molar-refractivity contribution in [2.24, 2.45) is 0 Å². The van der Waals surface area contributed by atoms with E-state index < -0.39 is 0 Å². The summed E-state index contributed by atoms with van der Waals surface area (Å²) >= 11 is 0. The van der Waals surface area contributed by atoms with E-state index in [1.807, 2.05) is 6.92 Å². The van der Waals surface area contributed by atoms with E-state index in [1.54, 1.807) is 0 Å². The van der Waals surface area contributed by atoms with E-state index in [9.17, 15) is 4.79 Å². The maximum absolute atomic E-state index is 11.8. The van der Waals surface area contributed by atoms with Crippen molar-refractivity contribution in [1.82, 2.24) is 4.90 Å². The maximum atomic E-state index is 11.8. The van der Waals surface area contributed by atoms with Crippen LogP contribution in [0.25, 0.3) is 0 Å². The van der Waals surface area contributed by atoms with E-state index >= 15 is 0 Å². The second kappa shape index (κ2) is 7.78. The Bertz CT molecular complexity index is 249. The van der Waals surface area contributed by atoms with Crippen LogP contribution in [0.15, 0.2) is 0 Å². The molecule has 1 atom stereocenters. The van der Waals surface area contributed by atoms with E-state index in [2.05, 4.69) is 18.7 Å². The van der Waals surface area contributed by atoms with E-state index in [-0.39, 0.29) is 11.5 Å². The van der Waals surface area contributed by atoms with Crippen molar-refractivity contribution >= 4 is 5.97 Å². The first kappa shape index (κ1) is 15.5. The zero-order valence-electron chi connectivity index (χ0n) is 12.3. The minimum absolute atomic E-state index is 0.0118. The first-order valence-corrected chi connectivity index (χ1v) is 7.53. The Morgan fingerprint density at radius 2 is 1.89 bits per heavy atom. The normalized spacial score (nSPS) is 19.7. The quantitative estimate of drug-likeness (QED) is 0.492. The first-order valence-electron chi connectivity index (χ1n) is 7.53. The summed E-state index contributed by atoms with van der Waals surface area (Å²) in [6.45, 7) is 9.11. The topological polar surface area (TPSA) is 29.5 Å². The number of ether oxygens (including phenoxy) is 1. The van der Waals surface area contributed by atoms with Gasteiger partial charge in [-0.2, -0.15) is 0 Å². The SMILES string of the molecule is CCCCCC(C)(CC(=O)OCC)N1CCCC1. The van der Waals surface area contributed by atoms with Gasteiger partial charge in [-0.05, 0) is 46.2 Å². The number of hydrogen-bond acceptors (Lipinski definition) is 3. The molecule has 1 saturated heterocycles. The van der Waals surface area contributed by atoms with Crippen LogP contribution in [0.5, 0.6) is 0 Å². The van der Waals surface area contributed by atoms with Crippen molar-refractivity contribution in [2.75, 3.05) is 19.7 Å². The smallest absolute Gasteiger partial charge is 0.307 e. The summed E-state index contributed by atoms with van der Waals surface area (Å²) < 4.78 is 5.14. The number of carbonyl (C=O) groups is 1. The zero-order valence-corrected chi connectivity index (χ0v) is 12.3. The molecule has 0 saturated carbocycles. The lowest BCUT2D eigenvalue weighted by Crippen LogP contribution is -2.46. The van der Waals surface area contributed by atoms with E-state index in [1.165, 1.54) is 32.1 Å². The van der Waals surface area contributed by atoms with E-state index in [0.29, 0.717) is 13.0 Å². The molecule has 3 nitrogen and oxygen atoms in total. The summed E-state index contributed by atoms with van der Waals surface area (Å²) in [4.78, 5) is 14.3. The molecule has 3 heteroatoms. The molecule has 0 aromatic heterocycles. The molecule has 18 heavy (non-hydrogen) atoms. The summed E-state index contributed by atoms with van der Waals surface area (Å²) in [6, 6.07) is 0. The average molecular weight is 255 g/mol. The Morgan fingerprint density at radius 3 is 2.44 bits per heavy atom. The van der Waals surface area contributed by atoms with Crippen LogP contribution in [0.1, 0.15) is 65.7 Å². The van der Waals surface area contributed by atoms with Crippen molar-refractivity contribution in [3.05, 3.63) is 0 Å². The van der Waals surface area contributed by atoms with Gasteiger partial charge in [0.2, 0.25) is 0 Å². The summed E-state index contributed by atoms with van der Waals surface area (Å²) in [7, 11) is 0. The van der Waals surface area contributed by atoms with Crippen LogP contribution in [0.4, 0.5) is 0 Å². The molecule has 0 aromatic carbocycles. The molecule has 0 aliphatic carbocycles. The lowest BCUT2D eigenvalue weighted by atomic mass is 9.89. The third-order valence-electron chi connectivity index (χ3n) is 4.02. The molecule has 1 fully saturated rings. The molecule has 0 N–H and O–H groups in total. The highest BCUT2D eigenvalue weighted by molar-refractivity contribution is 5.70. The van der Waals surface area contributed by atoms with Crippen LogP contribution >= 0.6 is 0 Å². The lowest BCUT2D eigenvalue weighted by Gasteiger charge is -2.38. The number of hydrogen-bond donors (Lipinski definition) is 0. The maximum Gasteiger partial charge on any atom is 0.307 e. The first-order chi connectivity index (χ1) is 8.62. The number of carbonyl (C=O) groups excluding carboxylic acids is 1. The predicted octanol–water partition coefficient (Wildman–Crippen LogP) is 3.37. The molecule has 0 spiro atoms. The molecule has 1 aliphatic rings. The summed E-state index contributed by atoms with van der Waals surface area (Å²) in [5.41, 5.74) is 0.0118. The van der Waals surface area contributed by atoms with Crippen molar-refractivity contribution < 1.29 is 9.53 Å². The molecule has 1 rings (SSSR count). The third kappa shape index (κ3) is 4.60. The Morgan fingerprint density at radius 1 is 1.22 bits per heavy atom. The highest BCUT2D eigenvalue weighted by atomic mass is 16.5. The van der Waals surface area contributed by atoms with Crippen LogP contribution < -0.4 is 0 Å². The van der Waals surface area contributed by atoms with Gasteiger partial charge in [0.15, 0.2) is 0 Å². The zero-order chi connectivity index (χ0) is 13.4. The van der Waals surface area contributed by atoms with Crippen LogP contribution in [-0.2, 0) is 9.53 Å². The minimum atomic E-state index is -0.0385. The van der Waals surface area contributed by atoms with Gasteiger partial charge >= 0.3 is 5.97 Å². The van der Waals surface area contributed by atoms with Gasteiger partial charge in [-0.3, -0.25) is 9.69 Å². The van der Waals surface area contributed by atoms with E-state index in [4.69, 9.17) is 4.74 Å². The molecular weight excluding hydrogens is 226 g/mol. The molecular formula is C15H29NO2. The Kier molecular flexibility index (Phi) is 6.69. The molecule has 0 bridgehead atoms. The second-order valence-electron chi connectivity index (χ2n) is 5.63. The summed E-state index contributed by atoms with van der Waals surface area (Å²) in [6.07, 6.45) is 7.90. The summed E-state index contributed by atoms with van der Waals surface area (Å²) in [5, 5.41) is 0. The van der Waals surface area contributed by atoms with Crippen LogP contribution in [0, 0.1) is 0 Å². The van der Waals surface area contributed by atoms with Gasteiger partial charge in [-0.25, -0.2) is 0 Å². The molecule has 1 unspecified atom stereocenters. The number of likely N-dealkylation sites (tertiary alicyclic amines) is 1. The van der Waals surface area contributed by atoms with E-state index in [0.717, 1.165) is 19.5 Å². The number of esters is 1. The average Bonchev–Trinajstić information content (AvgIpc) is 2.83. The van der Waals surface area contributed by atoms with Crippen molar-refractivity contribution in [1.29, 1.82) is 0 Å². The molecule has 1 heterocycles. The van der Waals surface area contributed by atoms with Gasteiger partial charge in [0.1, 0.15) is 0 Å². The Hall–Kier alpha value is -0.570. The number of nitrogens with zero attached hydrogens (tertiary/aromatic N) is 1. The van der Waals surface area contributed by atoms with Gasteiger partial charge < -0.3 is 4.74 Å². The fraction of sp³-hybridized carbons (Fsp3) is 0.933. The molecule has 106 valence electrons. The monoisotopic (exact) mass is 255 g/mol. The third-order valence-corrected chi connectivity index (χ3v) is 4.02. The molecule has 0 aromatic rings. The van der Waals surface area contributed by atoms with Crippen LogP contribution in [0.2, 0.25) is 0 Å². The Balaban J connectivity index is 2.57. The van der Waals surface area contributed by atoms with Gasteiger partial charge in [-0.15, -0.1) is 0 Å². The van der Waals surface area contributed by atoms with Gasteiger partial charge in [0.05, 0.1) is 13.0 Å². The number of rotatable bonds is 8. The standard InChI is InChI=1S/C15H29NO2/c1-4-6-7-10-15(3,13-14(17)18-5-2)16-11-8-9-12-16/h4-13H2,1-3H3. The highest BCUT2D eigenvalue weighted by Gasteiger charge is 2.35. The van der Waals surface area contributed by atoms with Crippen molar-refractivity contribution in [3.8, 4) is 0 Å². The fourth-order valence-corrected chi connectivity index (χ4v) is 2.89. The summed E-state index contributed by atoms with van der Waals surface area (Å²) in [5.74, 6) is -0.0385. The lowest BCUT2D eigenvalue weighted by molar-refractivity contribution is -0.146. The highest BCUT2D eigenvalue weighted by Crippen LogP contribution is 2.30. The fourth-order valence-electron chi connectivity index (χ4n) is 2.89. The Labute approximate surface area is 112 Å².